The van der Waals surface area contributed by atoms with E-state index in [-0.39, 0.29) is 0 Å². The lowest BCUT2D eigenvalue weighted by Gasteiger charge is -2.31. The van der Waals surface area contributed by atoms with Crippen LogP contribution < -0.4 is 10.6 Å². The first-order valence-corrected chi connectivity index (χ1v) is 7.22. The van der Waals surface area contributed by atoms with Gasteiger partial charge in [0.05, 0.1) is 6.10 Å². The summed E-state index contributed by atoms with van der Waals surface area (Å²) in [5, 5.41) is 6.97. The number of rotatable bonds is 4. The zero-order valence-electron chi connectivity index (χ0n) is 11.0. The summed E-state index contributed by atoms with van der Waals surface area (Å²) < 4.78 is 5.84. The van der Waals surface area contributed by atoms with Crippen molar-refractivity contribution in [1.82, 2.24) is 9.97 Å². The second kappa shape index (κ2) is 5.51. The summed E-state index contributed by atoms with van der Waals surface area (Å²) in [6.07, 6.45) is 6.60. The van der Waals surface area contributed by atoms with Gasteiger partial charge in [0.2, 0.25) is 0 Å². The van der Waals surface area contributed by atoms with Crippen molar-refractivity contribution in [3.05, 3.63) is 11.5 Å². The lowest BCUT2D eigenvalue weighted by atomic mass is 10.00. The largest absolute Gasteiger partial charge is 0.383 e. The third-order valence-electron chi connectivity index (χ3n) is 3.85. The summed E-state index contributed by atoms with van der Waals surface area (Å²) in [7, 11) is 1.83. The molecule has 1 saturated carbocycles. The van der Waals surface area contributed by atoms with E-state index in [1.54, 1.807) is 0 Å². The summed E-state index contributed by atoms with van der Waals surface area (Å²) in [5.74, 6) is 1.56. The molecular formula is C13H19ClN4O. The van der Waals surface area contributed by atoms with Crippen LogP contribution >= 0.6 is 11.6 Å². The Hall–Kier alpha value is -1.07. The first-order valence-electron chi connectivity index (χ1n) is 6.84. The van der Waals surface area contributed by atoms with Crippen molar-refractivity contribution in [2.75, 3.05) is 24.3 Å². The Morgan fingerprint density at radius 3 is 2.89 bits per heavy atom. The Bertz CT molecular complexity index is 452. The SMILES string of the molecule is CNc1c(Cl)ncnc1NC1CCOC(C2CC2)C1. The lowest BCUT2D eigenvalue weighted by Crippen LogP contribution is -2.35. The third kappa shape index (κ3) is 2.92. The van der Waals surface area contributed by atoms with E-state index in [4.69, 9.17) is 16.3 Å². The van der Waals surface area contributed by atoms with Gasteiger partial charge >= 0.3 is 0 Å². The summed E-state index contributed by atoms with van der Waals surface area (Å²) in [6, 6.07) is 0.400. The van der Waals surface area contributed by atoms with Crippen LogP contribution in [0.5, 0.6) is 0 Å². The van der Waals surface area contributed by atoms with Crippen molar-refractivity contribution >= 4 is 23.1 Å². The van der Waals surface area contributed by atoms with Gasteiger partial charge < -0.3 is 15.4 Å². The van der Waals surface area contributed by atoms with Crippen LogP contribution in [-0.4, -0.2) is 35.8 Å². The zero-order chi connectivity index (χ0) is 13.2. The number of halogens is 1. The molecule has 0 spiro atoms. The van der Waals surface area contributed by atoms with E-state index >= 15 is 0 Å². The Balaban J connectivity index is 1.68. The predicted octanol–water partition coefficient (Wildman–Crippen LogP) is 2.54. The van der Waals surface area contributed by atoms with Gasteiger partial charge in [-0.15, -0.1) is 0 Å². The van der Waals surface area contributed by atoms with Gasteiger partial charge in [-0.3, -0.25) is 0 Å². The molecule has 6 heteroatoms. The van der Waals surface area contributed by atoms with Crippen LogP contribution in [0.3, 0.4) is 0 Å². The van der Waals surface area contributed by atoms with Crippen LogP contribution in [-0.2, 0) is 4.74 Å². The van der Waals surface area contributed by atoms with Gasteiger partial charge in [0.1, 0.15) is 12.0 Å². The maximum Gasteiger partial charge on any atom is 0.157 e. The van der Waals surface area contributed by atoms with E-state index in [1.807, 2.05) is 7.05 Å². The van der Waals surface area contributed by atoms with E-state index < -0.39 is 0 Å². The predicted molar refractivity (Wildman–Crippen MR) is 75.7 cm³/mol. The molecule has 2 atom stereocenters. The Morgan fingerprint density at radius 2 is 2.16 bits per heavy atom. The molecule has 0 aromatic carbocycles. The number of aromatic nitrogens is 2. The van der Waals surface area contributed by atoms with Gasteiger partial charge in [0.25, 0.3) is 0 Å². The maximum absolute atomic E-state index is 6.06. The van der Waals surface area contributed by atoms with Crippen LogP contribution in [0.1, 0.15) is 25.7 Å². The van der Waals surface area contributed by atoms with Crippen molar-refractivity contribution < 1.29 is 4.74 Å². The minimum atomic E-state index is 0.400. The molecule has 0 amide bonds. The molecule has 2 aliphatic rings. The fraction of sp³-hybridized carbons (Fsp3) is 0.692. The van der Waals surface area contributed by atoms with E-state index in [0.29, 0.717) is 17.3 Å². The molecule has 2 unspecified atom stereocenters. The molecule has 2 N–H and O–H groups in total. The monoisotopic (exact) mass is 282 g/mol. The quantitative estimate of drug-likeness (QED) is 0.831. The number of nitrogens with one attached hydrogen (secondary N) is 2. The minimum Gasteiger partial charge on any atom is -0.383 e. The molecule has 1 aliphatic heterocycles. The van der Waals surface area contributed by atoms with Crippen LogP contribution in [0.2, 0.25) is 5.15 Å². The molecule has 2 fully saturated rings. The van der Waals surface area contributed by atoms with Crippen molar-refractivity contribution in [2.45, 2.75) is 37.8 Å². The molecular weight excluding hydrogens is 264 g/mol. The summed E-state index contributed by atoms with van der Waals surface area (Å²) >= 11 is 6.06. The zero-order valence-corrected chi connectivity index (χ0v) is 11.8. The highest BCUT2D eigenvalue weighted by molar-refractivity contribution is 6.32. The number of nitrogens with zero attached hydrogens (tertiary/aromatic N) is 2. The van der Waals surface area contributed by atoms with Crippen molar-refractivity contribution in [2.24, 2.45) is 5.92 Å². The van der Waals surface area contributed by atoms with Gasteiger partial charge in [-0.2, -0.15) is 0 Å². The van der Waals surface area contributed by atoms with Crippen LogP contribution in [0.4, 0.5) is 11.5 Å². The normalized spacial score (nSPS) is 27.1. The van der Waals surface area contributed by atoms with Crippen LogP contribution in [0.15, 0.2) is 6.33 Å². The highest BCUT2D eigenvalue weighted by Gasteiger charge is 2.36. The Kier molecular flexibility index (Phi) is 3.75. The molecule has 1 aromatic rings. The van der Waals surface area contributed by atoms with Crippen molar-refractivity contribution in [3.63, 3.8) is 0 Å². The average Bonchev–Trinajstić information content (AvgIpc) is 3.24. The van der Waals surface area contributed by atoms with Crippen molar-refractivity contribution in [3.8, 4) is 0 Å². The molecule has 1 aliphatic carbocycles. The smallest absolute Gasteiger partial charge is 0.157 e. The second-order valence-corrected chi connectivity index (χ2v) is 5.61. The fourth-order valence-electron chi connectivity index (χ4n) is 2.64. The van der Waals surface area contributed by atoms with Crippen LogP contribution in [0.25, 0.3) is 0 Å². The molecule has 2 heterocycles. The first-order chi connectivity index (χ1) is 9.28. The standard InChI is InChI=1S/C13H19ClN4O/c1-15-11-12(14)16-7-17-13(11)18-9-4-5-19-10(6-9)8-2-3-8/h7-10,15H,2-6H2,1H3,(H,16,17,18). The average molecular weight is 283 g/mol. The topological polar surface area (TPSA) is 59.1 Å². The Morgan fingerprint density at radius 1 is 1.32 bits per heavy atom. The summed E-state index contributed by atoms with van der Waals surface area (Å²) in [4.78, 5) is 8.26. The fourth-order valence-corrected chi connectivity index (χ4v) is 2.87. The molecule has 104 valence electrons. The van der Waals surface area contributed by atoms with Crippen LogP contribution in [0, 0.1) is 5.92 Å². The highest BCUT2D eigenvalue weighted by Crippen LogP contribution is 2.38. The second-order valence-electron chi connectivity index (χ2n) is 5.25. The molecule has 0 bridgehead atoms. The maximum atomic E-state index is 6.06. The van der Waals surface area contributed by atoms with Gasteiger partial charge in [0.15, 0.2) is 11.0 Å². The van der Waals surface area contributed by atoms with Crippen molar-refractivity contribution in [1.29, 1.82) is 0 Å². The van der Waals surface area contributed by atoms with Gasteiger partial charge in [0, 0.05) is 19.7 Å². The molecule has 3 rings (SSSR count). The van der Waals surface area contributed by atoms with E-state index in [0.717, 1.165) is 36.9 Å². The van der Waals surface area contributed by atoms with E-state index in [1.165, 1.54) is 19.2 Å². The summed E-state index contributed by atoms with van der Waals surface area (Å²) in [5.41, 5.74) is 0.763. The molecule has 0 radical (unpaired) electrons. The summed E-state index contributed by atoms with van der Waals surface area (Å²) in [6.45, 7) is 0.826. The number of ether oxygens (including phenoxy) is 1. The highest BCUT2D eigenvalue weighted by atomic mass is 35.5. The number of anilines is 2. The first kappa shape index (κ1) is 12.9. The Labute approximate surface area is 118 Å². The third-order valence-corrected chi connectivity index (χ3v) is 4.14. The molecule has 1 aromatic heterocycles. The van der Waals surface area contributed by atoms with Gasteiger partial charge in [-0.1, -0.05) is 11.6 Å². The molecule has 19 heavy (non-hydrogen) atoms. The van der Waals surface area contributed by atoms with E-state index in [9.17, 15) is 0 Å². The number of hydrogen-bond donors (Lipinski definition) is 2. The van der Waals surface area contributed by atoms with Gasteiger partial charge in [-0.25, -0.2) is 9.97 Å². The minimum absolute atomic E-state index is 0.400. The number of hydrogen-bond acceptors (Lipinski definition) is 5. The molecule has 1 saturated heterocycles. The molecule has 5 nitrogen and oxygen atoms in total. The van der Waals surface area contributed by atoms with Gasteiger partial charge in [-0.05, 0) is 31.6 Å². The van der Waals surface area contributed by atoms with E-state index in [2.05, 4.69) is 20.6 Å². The lowest BCUT2D eigenvalue weighted by molar-refractivity contribution is -0.00222.